The van der Waals surface area contributed by atoms with E-state index in [2.05, 4.69) is 18.5 Å². The van der Waals surface area contributed by atoms with Gasteiger partial charge in [0.25, 0.3) is 11.8 Å². The molecule has 2 aliphatic heterocycles. The van der Waals surface area contributed by atoms with Crippen molar-refractivity contribution in [2.75, 3.05) is 24.5 Å². The van der Waals surface area contributed by atoms with Crippen LogP contribution in [0.15, 0.2) is 78.9 Å². The Kier molecular flexibility index (Phi) is 7.33. The van der Waals surface area contributed by atoms with E-state index in [0.29, 0.717) is 6.54 Å². The monoisotopic (exact) mass is 431 g/mol. The molecule has 2 heterocycles. The molecule has 0 radical (unpaired) electrons. The molecule has 7 heteroatoms. The maximum absolute atomic E-state index is 13.1. The first-order valence-electron chi connectivity index (χ1n) is 10.3. The van der Waals surface area contributed by atoms with Crippen LogP contribution in [0.25, 0.3) is 6.08 Å². The predicted molar refractivity (Wildman–Crippen MR) is 123 cm³/mol. The number of nitrogens with zero attached hydrogens (tertiary/aromatic N) is 2. The maximum Gasteiger partial charge on any atom is 0.253 e. The number of hydrogen-bond acceptors (Lipinski definition) is 4. The number of imide groups is 1. The first kappa shape index (κ1) is 22.7. The molecule has 1 N–H and O–H groups in total. The number of carbonyl (C=O) groups excluding carboxylic acids is 4. The molecule has 2 aliphatic rings. The summed E-state index contributed by atoms with van der Waals surface area (Å²) in [6.45, 7) is 8.20. The topological polar surface area (TPSA) is 86.8 Å². The zero-order valence-electron chi connectivity index (χ0n) is 17.8. The molecular weight excluding hydrogens is 406 g/mol. The fourth-order valence-corrected chi connectivity index (χ4v) is 3.51. The molecule has 4 amide bonds. The van der Waals surface area contributed by atoms with Gasteiger partial charge in [0.15, 0.2) is 0 Å². The molecule has 164 valence electrons. The Bertz CT molecular complexity index is 1050. The molecular formula is C25H25N3O4. The third-order valence-corrected chi connectivity index (χ3v) is 5.26. The standard InChI is InChI=1S/C25H25N3O4/c1-3-18-9-10-20-7-5-6-8-21(20)28(17-19(18)4-2)25(32)13-15-26-22(29)14-16-27-23(30)11-12-24(27)31/h3-12H,1-2,13-17H2,(H,26,29)/b10-9-,19-18-. The van der Waals surface area contributed by atoms with Crippen molar-refractivity contribution in [3.05, 3.63) is 84.5 Å². The summed E-state index contributed by atoms with van der Waals surface area (Å²) < 4.78 is 0. The van der Waals surface area contributed by atoms with Crippen molar-refractivity contribution in [3.8, 4) is 0 Å². The number of hydrogen-bond donors (Lipinski definition) is 1. The van der Waals surface area contributed by atoms with E-state index in [1.54, 1.807) is 17.1 Å². The molecule has 0 fully saturated rings. The number of allylic oxidation sites excluding steroid dienone is 3. The molecule has 7 nitrogen and oxygen atoms in total. The molecule has 32 heavy (non-hydrogen) atoms. The molecule has 3 rings (SSSR count). The molecule has 0 bridgehead atoms. The summed E-state index contributed by atoms with van der Waals surface area (Å²) in [6.07, 6.45) is 9.78. The van der Waals surface area contributed by atoms with Crippen LogP contribution in [0.2, 0.25) is 0 Å². The summed E-state index contributed by atoms with van der Waals surface area (Å²) in [4.78, 5) is 51.0. The van der Waals surface area contributed by atoms with Gasteiger partial charge in [-0.1, -0.05) is 55.7 Å². The number of fused-ring (bicyclic) bond motifs is 1. The van der Waals surface area contributed by atoms with Crippen LogP contribution in [0.4, 0.5) is 5.69 Å². The Hall–Kier alpha value is -4.00. The van der Waals surface area contributed by atoms with Gasteiger partial charge in [-0.2, -0.15) is 0 Å². The maximum atomic E-state index is 13.1. The van der Waals surface area contributed by atoms with E-state index in [0.717, 1.165) is 27.3 Å². The fraction of sp³-hybridized carbons (Fsp3) is 0.200. The molecule has 0 saturated heterocycles. The van der Waals surface area contributed by atoms with Crippen LogP contribution >= 0.6 is 0 Å². The third-order valence-electron chi connectivity index (χ3n) is 5.26. The summed E-state index contributed by atoms with van der Waals surface area (Å²) >= 11 is 0. The molecule has 0 saturated carbocycles. The number of benzene rings is 1. The second kappa shape index (κ2) is 10.3. The summed E-state index contributed by atoms with van der Waals surface area (Å²) in [5.74, 6) is -1.33. The molecule has 0 aromatic heterocycles. The van der Waals surface area contributed by atoms with E-state index >= 15 is 0 Å². The second-order valence-corrected chi connectivity index (χ2v) is 7.27. The van der Waals surface area contributed by atoms with Gasteiger partial charge in [-0.3, -0.25) is 24.1 Å². The summed E-state index contributed by atoms with van der Waals surface area (Å²) in [5.41, 5.74) is 3.44. The van der Waals surface area contributed by atoms with Gasteiger partial charge in [-0.15, -0.1) is 0 Å². The van der Waals surface area contributed by atoms with E-state index in [9.17, 15) is 19.2 Å². The van der Waals surface area contributed by atoms with Crippen LogP contribution in [-0.2, 0) is 19.2 Å². The van der Waals surface area contributed by atoms with Crippen LogP contribution in [0.5, 0.6) is 0 Å². The van der Waals surface area contributed by atoms with Gasteiger partial charge in [0.05, 0.1) is 12.2 Å². The molecule has 0 spiro atoms. The second-order valence-electron chi connectivity index (χ2n) is 7.27. The highest BCUT2D eigenvalue weighted by Gasteiger charge is 2.24. The highest BCUT2D eigenvalue weighted by molar-refractivity contribution is 6.13. The summed E-state index contributed by atoms with van der Waals surface area (Å²) in [5, 5.41) is 2.68. The lowest BCUT2D eigenvalue weighted by atomic mass is 10.0. The highest BCUT2D eigenvalue weighted by atomic mass is 16.2. The lowest BCUT2D eigenvalue weighted by molar-refractivity contribution is -0.137. The van der Waals surface area contributed by atoms with Gasteiger partial charge in [-0.05, 0) is 22.8 Å². The molecule has 1 aromatic rings. The fourth-order valence-electron chi connectivity index (χ4n) is 3.51. The number of carbonyl (C=O) groups is 4. The number of anilines is 1. The van der Waals surface area contributed by atoms with E-state index in [1.807, 2.05) is 36.4 Å². The van der Waals surface area contributed by atoms with Gasteiger partial charge >= 0.3 is 0 Å². The van der Waals surface area contributed by atoms with E-state index in [1.165, 1.54) is 12.2 Å². The van der Waals surface area contributed by atoms with Gasteiger partial charge in [0, 0.05) is 38.1 Å². The Morgan fingerprint density at radius 3 is 2.38 bits per heavy atom. The average molecular weight is 431 g/mol. The van der Waals surface area contributed by atoms with Crippen molar-refractivity contribution in [1.29, 1.82) is 0 Å². The van der Waals surface area contributed by atoms with Crippen molar-refractivity contribution in [2.45, 2.75) is 12.8 Å². The summed E-state index contributed by atoms with van der Waals surface area (Å²) in [6, 6.07) is 7.60. The Balaban J connectivity index is 1.62. The highest BCUT2D eigenvalue weighted by Crippen LogP contribution is 2.27. The van der Waals surface area contributed by atoms with Gasteiger partial charge in [0.2, 0.25) is 11.8 Å². The van der Waals surface area contributed by atoms with Crippen LogP contribution in [0.1, 0.15) is 18.4 Å². The van der Waals surface area contributed by atoms with Gasteiger partial charge in [0.1, 0.15) is 0 Å². The van der Waals surface area contributed by atoms with Crippen molar-refractivity contribution in [1.82, 2.24) is 10.2 Å². The zero-order chi connectivity index (χ0) is 23.1. The molecule has 1 aromatic carbocycles. The van der Waals surface area contributed by atoms with Crippen LogP contribution in [0.3, 0.4) is 0 Å². The van der Waals surface area contributed by atoms with Crippen molar-refractivity contribution >= 4 is 35.4 Å². The number of nitrogens with one attached hydrogen (secondary N) is 1. The summed E-state index contributed by atoms with van der Waals surface area (Å²) in [7, 11) is 0. The quantitative estimate of drug-likeness (QED) is 0.641. The van der Waals surface area contributed by atoms with Crippen LogP contribution in [-0.4, -0.2) is 48.2 Å². The van der Waals surface area contributed by atoms with Gasteiger partial charge in [-0.25, -0.2) is 0 Å². The SMILES string of the molecule is C=CC1=C(\C=C)CN(C(=O)CCNC(=O)CCN2C(=O)C=CC2=O)c2ccccc2/C=C\1. The minimum Gasteiger partial charge on any atom is -0.356 e. The largest absolute Gasteiger partial charge is 0.356 e. The van der Waals surface area contributed by atoms with Crippen LogP contribution in [0, 0.1) is 0 Å². The van der Waals surface area contributed by atoms with Crippen LogP contribution < -0.4 is 10.2 Å². The molecule has 0 atom stereocenters. The number of para-hydroxylation sites is 1. The lowest BCUT2D eigenvalue weighted by Crippen LogP contribution is -2.38. The zero-order valence-corrected chi connectivity index (χ0v) is 17.8. The Morgan fingerprint density at radius 1 is 0.969 bits per heavy atom. The van der Waals surface area contributed by atoms with Gasteiger partial charge < -0.3 is 10.2 Å². The smallest absolute Gasteiger partial charge is 0.253 e. The molecule has 0 unspecified atom stereocenters. The Morgan fingerprint density at radius 2 is 1.69 bits per heavy atom. The Labute approximate surface area is 187 Å². The van der Waals surface area contributed by atoms with E-state index in [4.69, 9.17) is 0 Å². The first-order chi connectivity index (χ1) is 15.4. The van der Waals surface area contributed by atoms with Crippen molar-refractivity contribution in [2.24, 2.45) is 0 Å². The number of rotatable bonds is 8. The average Bonchev–Trinajstić information content (AvgIpc) is 3.10. The number of amides is 4. The molecule has 0 aliphatic carbocycles. The lowest BCUT2D eigenvalue weighted by Gasteiger charge is -2.27. The minimum absolute atomic E-state index is 0.00804. The predicted octanol–water partition coefficient (Wildman–Crippen LogP) is 2.54. The van der Waals surface area contributed by atoms with E-state index < -0.39 is 11.8 Å². The third kappa shape index (κ3) is 5.18. The normalized spacial score (nSPS) is 18.6. The minimum atomic E-state index is -0.423. The van der Waals surface area contributed by atoms with E-state index in [-0.39, 0.29) is 37.7 Å². The van der Waals surface area contributed by atoms with Crippen molar-refractivity contribution in [3.63, 3.8) is 0 Å². The first-order valence-corrected chi connectivity index (χ1v) is 10.3. The van der Waals surface area contributed by atoms with Crippen molar-refractivity contribution < 1.29 is 19.2 Å².